The van der Waals surface area contributed by atoms with Crippen LogP contribution in [0.3, 0.4) is 0 Å². The van der Waals surface area contributed by atoms with E-state index in [4.69, 9.17) is 5.73 Å². The number of hydrogen-bond donors (Lipinski definition) is 1. The van der Waals surface area contributed by atoms with Gasteiger partial charge in [0, 0.05) is 0 Å². The predicted octanol–water partition coefficient (Wildman–Crippen LogP) is 1.23. The molecule has 0 unspecified atom stereocenters. The minimum atomic E-state index is -3.13. The number of methoxy groups -OCH3 is 1. The maximum Gasteiger partial charge on any atom is 0.311 e. The van der Waals surface area contributed by atoms with Crippen LogP contribution in [0.2, 0.25) is 0 Å². The van der Waals surface area contributed by atoms with Gasteiger partial charge in [0.1, 0.15) is 11.8 Å². The predicted molar refractivity (Wildman–Crippen MR) is 56.0 cm³/mol. The second-order valence-corrected chi connectivity index (χ2v) is 3.23. The van der Waals surface area contributed by atoms with E-state index in [1.54, 1.807) is 0 Å². The third-order valence-corrected chi connectivity index (χ3v) is 2.17. The first-order valence-corrected chi connectivity index (χ1v) is 4.65. The topological polar surface area (TPSA) is 108 Å². The highest BCUT2D eigenvalue weighted by Gasteiger charge is 2.28. The first-order valence-electron chi connectivity index (χ1n) is 4.65. The first kappa shape index (κ1) is 13.7. The van der Waals surface area contributed by atoms with E-state index in [-0.39, 0.29) is 5.69 Å². The van der Waals surface area contributed by atoms with Crippen LogP contribution in [-0.2, 0) is 16.0 Å². The van der Waals surface area contributed by atoms with E-state index < -0.39 is 40.7 Å². The van der Waals surface area contributed by atoms with Gasteiger partial charge >= 0.3 is 5.97 Å². The van der Waals surface area contributed by atoms with Crippen molar-refractivity contribution in [2.75, 3.05) is 12.8 Å². The molecular formula is C9H9F2N3O4. The van der Waals surface area contributed by atoms with Crippen molar-refractivity contribution in [2.45, 2.75) is 12.8 Å². The lowest BCUT2D eigenvalue weighted by atomic mass is 10.1. The van der Waals surface area contributed by atoms with Crippen molar-refractivity contribution >= 4 is 17.3 Å². The van der Waals surface area contributed by atoms with Crippen LogP contribution in [0.25, 0.3) is 0 Å². The molecule has 0 radical (unpaired) electrons. The summed E-state index contributed by atoms with van der Waals surface area (Å²) in [4.78, 5) is 24.1. The van der Waals surface area contributed by atoms with Crippen molar-refractivity contribution in [3.63, 3.8) is 0 Å². The lowest BCUT2D eigenvalue weighted by Crippen LogP contribution is -2.12. The summed E-state index contributed by atoms with van der Waals surface area (Å²) < 4.78 is 29.8. The number of nitrogens with zero attached hydrogens (tertiary/aromatic N) is 2. The normalized spacial score (nSPS) is 10.4. The highest BCUT2D eigenvalue weighted by molar-refractivity contribution is 5.75. The minimum Gasteiger partial charge on any atom is -0.469 e. The first-order chi connectivity index (χ1) is 8.38. The monoisotopic (exact) mass is 261 g/mol. The average Bonchev–Trinajstić information content (AvgIpc) is 2.30. The van der Waals surface area contributed by atoms with E-state index in [9.17, 15) is 23.7 Å². The fourth-order valence-electron chi connectivity index (χ4n) is 1.30. The molecule has 2 N–H and O–H groups in total. The summed E-state index contributed by atoms with van der Waals surface area (Å²) in [5.74, 6) is -0.733. The number of hydrogen-bond acceptors (Lipinski definition) is 6. The van der Waals surface area contributed by atoms with Crippen LogP contribution in [-0.4, -0.2) is 23.0 Å². The molecule has 1 heterocycles. The molecule has 0 aliphatic carbocycles. The maximum atomic E-state index is 12.7. The molecule has 0 aliphatic heterocycles. The van der Waals surface area contributed by atoms with Crippen molar-refractivity contribution in [1.82, 2.24) is 4.98 Å². The standard InChI is InChI=1S/C9H9F2N3O4/c1-18-6(15)2-4-8(12)7(9(10)11)5(3-13-4)14(16)17/h3,9H,2,12H2,1H3. The smallest absolute Gasteiger partial charge is 0.311 e. The summed E-state index contributed by atoms with van der Waals surface area (Å²) in [5.41, 5.74) is 2.81. The zero-order valence-electron chi connectivity index (χ0n) is 9.22. The molecule has 1 rings (SSSR count). The molecule has 0 aromatic carbocycles. The van der Waals surface area contributed by atoms with Crippen LogP contribution in [0.15, 0.2) is 6.20 Å². The molecule has 0 atom stereocenters. The number of halogens is 2. The van der Waals surface area contributed by atoms with Gasteiger partial charge < -0.3 is 10.5 Å². The fourth-order valence-corrected chi connectivity index (χ4v) is 1.30. The molecule has 18 heavy (non-hydrogen) atoms. The van der Waals surface area contributed by atoms with Gasteiger partial charge in [0.2, 0.25) is 0 Å². The number of carbonyl (C=O) groups excluding carboxylic acids is 1. The number of alkyl halides is 2. The van der Waals surface area contributed by atoms with Gasteiger partial charge in [-0.05, 0) is 0 Å². The minimum absolute atomic E-state index is 0.178. The SMILES string of the molecule is COC(=O)Cc1ncc([N+](=O)[O-])c(C(F)F)c1N. The van der Waals surface area contributed by atoms with Gasteiger partial charge in [-0.3, -0.25) is 19.9 Å². The molecule has 1 aromatic rings. The Morgan fingerprint density at radius 3 is 2.72 bits per heavy atom. The van der Waals surface area contributed by atoms with Crippen molar-refractivity contribution < 1.29 is 23.2 Å². The molecule has 9 heteroatoms. The lowest BCUT2D eigenvalue weighted by Gasteiger charge is -2.09. The van der Waals surface area contributed by atoms with Crippen molar-refractivity contribution in [3.05, 3.63) is 27.6 Å². The summed E-state index contributed by atoms with van der Waals surface area (Å²) in [6, 6.07) is 0. The lowest BCUT2D eigenvalue weighted by molar-refractivity contribution is -0.386. The number of nitrogen functional groups attached to an aromatic ring is 1. The van der Waals surface area contributed by atoms with E-state index in [0.29, 0.717) is 6.20 Å². The molecule has 98 valence electrons. The van der Waals surface area contributed by atoms with Crippen LogP contribution >= 0.6 is 0 Å². The quantitative estimate of drug-likeness (QED) is 0.496. The van der Waals surface area contributed by atoms with Crippen LogP contribution in [0.4, 0.5) is 20.2 Å². The van der Waals surface area contributed by atoms with Gasteiger partial charge in [0.15, 0.2) is 0 Å². The molecule has 0 bridgehead atoms. The van der Waals surface area contributed by atoms with Gasteiger partial charge in [-0.25, -0.2) is 8.78 Å². The molecule has 0 spiro atoms. The molecule has 0 fully saturated rings. The highest BCUT2D eigenvalue weighted by Crippen LogP contribution is 2.34. The number of ether oxygens (including phenoxy) is 1. The number of nitro groups is 1. The Morgan fingerprint density at radius 2 is 2.28 bits per heavy atom. The number of nitrogens with two attached hydrogens (primary N) is 1. The summed E-state index contributed by atoms with van der Waals surface area (Å²) in [5, 5.41) is 10.6. The molecule has 0 saturated heterocycles. The van der Waals surface area contributed by atoms with Crippen LogP contribution in [0.5, 0.6) is 0 Å². The molecular weight excluding hydrogens is 252 g/mol. The number of aromatic nitrogens is 1. The van der Waals surface area contributed by atoms with E-state index >= 15 is 0 Å². The summed E-state index contributed by atoms with van der Waals surface area (Å²) >= 11 is 0. The summed E-state index contributed by atoms with van der Waals surface area (Å²) in [7, 11) is 1.11. The molecule has 1 aromatic heterocycles. The second-order valence-electron chi connectivity index (χ2n) is 3.23. The number of pyridine rings is 1. The Bertz CT molecular complexity index is 493. The molecule has 0 amide bonds. The van der Waals surface area contributed by atoms with Crippen LogP contribution in [0, 0.1) is 10.1 Å². The van der Waals surface area contributed by atoms with E-state index in [1.165, 1.54) is 0 Å². The Balaban J connectivity index is 3.30. The van der Waals surface area contributed by atoms with Crippen molar-refractivity contribution in [1.29, 1.82) is 0 Å². The molecule has 0 saturated carbocycles. The molecule has 7 nitrogen and oxygen atoms in total. The van der Waals surface area contributed by atoms with Gasteiger partial charge in [-0.15, -0.1) is 0 Å². The van der Waals surface area contributed by atoms with Crippen molar-refractivity contribution in [3.8, 4) is 0 Å². The fraction of sp³-hybridized carbons (Fsp3) is 0.333. The Labute approximate surface area is 99.7 Å². The third-order valence-electron chi connectivity index (χ3n) is 2.17. The number of rotatable bonds is 4. The second kappa shape index (κ2) is 5.34. The molecule has 0 aliphatic rings. The van der Waals surface area contributed by atoms with E-state index in [0.717, 1.165) is 7.11 Å². The Hall–Kier alpha value is -2.32. The maximum absolute atomic E-state index is 12.7. The van der Waals surface area contributed by atoms with Gasteiger partial charge in [0.05, 0.1) is 29.8 Å². The van der Waals surface area contributed by atoms with E-state index in [1.807, 2.05) is 0 Å². The largest absolute Gasteiger partial charge is 0.469 e. The van der Waals surface area contributed by atoms with E-state index in [2.05, 4.69) is 9.72 Å². The van der Waals surface area contributed by atoms with Gasteiger partial charge in [-0.2, -0.15) is 0 Å². The van der Waals surface area contributed by atoms with Crippen LogP contribution < -0.4 is 5.73 Å². The number of carbonyl (C=O) groups is 1. The summed E-state index contributed by atoms with van der Waals surface area (Å²) in [6.07, 6.45) is -2.92. The number of esters is 1. The number of anilines is 1. The zero-order chi connectivity index (χ0) is 13.9. The third kappa shape index (κ3) is 2.67. The van der Waals surface area contributed by atoms with Gasteiger partial charge in [-0.1, -0.05) is 0 Å². The highest BCUT2D eigenvalue weighted by atomic mass is 19.3. The van der Waals surface area contributed by atoms with Gasteiger partial charge in [0.25, 0.3) is 12.1 Å². The average molecular weight is 261 g/mol. The van der Waals surface area contributed by atoms with Crippen molar-refractivity contribution in [2.24, 2.45) is 0 Å². The van der Waals surface area contributed by atoms with Crippen LogP contribution in [0.1, 0.15) is 17.7 Å². The Kier molecular flexibility index (Phi) is 4.08. The zero-order valence-corrected chi connectivity index (χ0v) is 9.22. The Morgan fingerprint density at radius 1 is 1.67 bits per heavy atom. The summed E-state index contributed by atoms with van der Waals surface area (Å²) in [6.45, 7) is 0.